The van der Waals surface area contributed by atoms with Crippen LogP contribution in [-0.4, -0.2) is 18.4 Å². The smallest absolute Gasteiger partial charge is 0.229 e. The molecule has 1 saturated heterocycles. The summed E-state index contributed by atoms with van der Waals surface area (Å²) in [7, 11) is 0. The lowest BCUT2D eigenvalue weighted by Gasteiger charge is -2.18. The van der Waals surface area contributed by atoms with Gasteiger partial charge in [-0.2, -0.15) is 0 Å². The van der Waals surface area contributed by atoms with Crippen LogP contribution in [0.15, 0.2) is 66.7 Å². The summed E-state index contributed by atoms with van der Waals surface area (Å²) in [6.45, 7) is 4.41. The minimum Gasteiger partial charge on any atom is -0.457 e. The highest BCUT2D eigenvalue weighted by molar-refractivity contribution is 6.33. The average Bonchev–Trinajstić information content (AvgIpc) is 3.14. The Bertz CT molecular complexity index is 1130. The van der Waals surface area contributed by atoms with Crippen LogP contribution in [0.1, 0.15) is 17.5 Å². The number of hydrogen-bond acceptors (Lipinski definition) is 3. The minimum atomic E-state index is -0.435. The van der Waals surface area contributed by atoms with E-state index in [9.17, 15) is 9.59 Å². The second kappa shape index (κ2) is 8.82. The Morgan fingerprint density at radius 2 is 1.71 bits per heavy atom. The third-order valence-electron chi connectivity index (χ3n) is 5.48. The maximum absolute atomic E-state index is 12.7. The maximum atomic E-state index is 12.7. The van der Waals surface area contributed by atoms with Crippen molar-refractivity contribution in [3.05, 3.63) is 82.9 Å². The summed E-state index contributed by atoms with van der Waals surface area (Å²) in [6, 6.07) is 20.3. The van der Waals surface area contributed by atoms with Gasteiger partial charge in [0.2, 0.25) is 11.8 Å². The van der Waals surface area contributed by atoms with Gasteiger partial charge in [0.05, 0.1) is 16.6 Å². The molecule has 1 aliphatic heterocycles. The molecule has 1 aliphatic rings. The van der Waals surface area contributed by atoms with E-state index >= 15 is 0 Å². The second-order valence-electron chi connectivity index (χ2n) is 7.72. The van der Waals surface area contributed by atoms with Gasteiger partial charge >= 0.3 is 0 Å². The Hall–Kier alpha value is -3.31. The monoisotopic (exact) mass is 434 g/mol. The Balaban J connectivity index is 1.38. The zero-order chi connectivity index (χ0) is 22.0. The van der Waals surface area contributed by atoms with Crippen LogP contribution in [0.5, 0.6) is 11.5 Å². The number of hydrogen-bond donors (Lipinski definition) is 1. The third kappa shape index (κ3) is 4.72. The van der Waals surface area contributed by atoms with Crippen LogP contribution in [0.2, 0.25) is 5.02 Å². The molecule has 5 nitrogen and oxygen atoms in total. The van der Waals surface area contributed by atoms with Gasteiger partial charge in [-0.1, -0.05) is 29.8 Å². The summed E-state index contributed by atoms with van der Waals surface area (Å²) in [5.74, 6) is 0.720. The zero-order valence-corrected chi connectivity index (χ0v) is 18.1. The highest BCUT2D eigenvalue weighted by atomic mass is 35.5. The van der Waals surface area contributed by atoms with E-state index in [0.29, 0.717) is 28.7 Å². The van der Waals surface area contributed by atoms with E-state index in [0.717, 1.165) is 5.75 Å². The van der Waals surface area contributed by atoms with Crippen molar-refractivity contribution in [2.45, 2.75) is 20.3 Å². The van der Waals surface area contributed by atoms with Crippen LogP contribution >= 0.6 is 11.6 Å². The van der Waals surface area contributed by atoms with E-state index < -0.39 is 5.92 Å². The number of benzene rings is 3. The van der Waals surface area contributed by atoms with E-state index in [2.05, 4.69) is 12.2 Å². The number of rotatable bonds is 5. The lowest BCUT2D eigenvalue weighted by Crippen LogP contribution is -2.28. The SMILES string of the molecule is Cc1ccc(Oc2ccc(NC(=O)[C@@H]3CC(=O)N(c4ccccc4Cl)C3)cc2)cc1C. The van der Waals surface area contributed by atoms with Crippen molar-refractivity contribution in [2.75, 3.05) is 16.8 Å². The molecule has 4 rings (SSSR count). The van der Waals surface area contributed by atoms with Gasteiger partial charge < -0.3 is 15.0 Å². The molecule has 0 spiro atoms. The fourth-order valence-electron chi connectivity index (χ4n) is 3.55. The van der Waals surface area contributed by atoms with Gasteiger partial charge in [-0.15, -0.1) is 0 Å². The Morgan fingerprint density at radius 3 is 2.42 bits per heavy atom. The highest BCUT2D eigenvalue weighted by Gasteiger charge is 2.35. The molecule has 1 N–H and O–H groups in total. The summed E-state index contributed by atoms with van der Waals surface area (Å²) in [4.78, 5) is 26.7. The first-order chi connectivity index (χ1) is 14.9. The molecule has 31 heavy (non-hydrogen) atoms. The first kappa shape index (κ1) is 20.9. The molecule has 158 valence electrons. The van der Waals surface area contributed by atoms with Crippen molar-refractivity contribution in [2.24, 2.45) is 5.92 Å². The van der Waals surface area contributed by atoms with Gasteiger partial charge in [0, 0.05) is 18.7 Å². The number of carbonyl (C=O) groups is 2. The van der Waals surface area contributed by atoms with Crippen LogP contribution < -0.4 is 15.0 Å². The molecule has 0 aromatic heterocycles. The lowest BCUT2D eigenvalue weighted by molar-refractivity contribution is -0.122. The fourth-order valence-corrected chi connectivity index (χ4v) is 3.79. The van der Waals surface area contributed by atoms with Crippen molar-refractivity contribution in [1.29, 1.82) is 0 Å². The molecule has 0 bridgehead atoms. The Kier molecular flexibility index (Phi) is 5.96. The topological polar surface area (TPSA) is 58.6 Å². The molecule has 3 aromatic rings. The molecule has 0 unspecified atom stereocenters. The summed E-state index contributed by atoms with van der Waals surface area (Å²) >= 11 is 6.21. The molecular weight excluding hydrogens is 412 g/mol. The van der Waals surface area contributed by atoms with E-state index in [1.54, 1.807) is 41.3 Å². The van der Waals surface area contributed by atoms with E-state index in [1.807, 2.05) is 37.3 Å². The van der Waals surface area contributed by atoms with Crippen LogP contribution in [0.25, 0.3) is 0 Å². The number of nitrogens with one attached hydrogen (secondary N) is 1. The Morgan fingerprint density at radius 1 is 1.00 bits per heavy atom. The van der Waals surface area contributed by atoms with Gasteiger partial charge in [-0.25, -0.2) is 0 Å². The molecule has 6 heteroatoms. The van der Waals surface area contributed by atoms with Crippen LogP contribution in [0, 0.1) is 19.8 Å². The van der Waals surface area contributed by atoms with Crippen molar-refractivity contribution in [3.63, 3.8) is 0 Å². The molecule has 2 amide bonds. The molecular formula is C25H23ClN2O3. The van der Waals surface area contributed by atoms with Crippen LogP contribution in [-0.2, 0) is 9.59 Å². The van der Waals surface area contributed by atoms with Gasteiger partial charge in [-0.05, 0) is 73.5 Å². The van der Waals surface area contributed by atoms with Crippen molar-refractivity contribution >= 4 is 34.8 Å². The second-order valence-corrected chi connectivity index (χ2v) is 8.13. The standard InChI is InChI=1S/C25H23ClN2O3/c1-16-7-10-21(13-17(16)2)31-20-11-8-19(9-12-20)27-25(30)18-14-24(29)28(15-18)23-6-4-3-5-22(23)26/h3-13,18H,14-15H2,1-2H3,(H,27,30)/t18-/m1/s1. The highest BCUT2D eigenvalue weighted by Crippen LogP contribution is 2.31. The fraction of sp³-hybridized carbons (Fsp3) is 0.200. The lowest BCUT2D eigenvalue weighted by atomic mass is 10.1. The molecule has 1 atom stereocenters. The van der Waals surface area contributed by atoms with Gasteiger partial charge in [0.15, 0.2) is 0 Å². The number of ether oxygens (including phenoxy) is 1. The van der Waals surface area contributed by atoms with Gasteiger partial charge in [0.1, 0.15) is 11.5 Å². The maximum Gasteiger partial charge on any atom is 0.229 e. The predicted molar refractivity (Wildman–Crippen MR) is 123 cm³/mol. The summed E-state index contributed by atoms with van der Waals surface area (Å²) < 4.78 is 5.89. The number of para-hydroxylation sites is 1. The number of nitrogens with zero attached hydrogens (tertiary/aromatic N) is 1. The van der Waals surface area contributed by atoms with Crippen LogP contribution in [0.4, 0.5) is 11.4 Å². The summed E-state index contributed by atoms with van der Waals surface area (Å²) in [5, 5.41) is 3.39. The van der Waals surface area contributed by atoms with Gasteiger partial charge in [-0.3, -0.25) is 9.59 Å². The molecule has 0 radical (unpaired) electrons. The third-order valence-corrected chi connectivity index (χ3v) is 5.79. The Labute approximate surface area is 186 Å². The number of amides is 2. The minimum absolute atomic E-state index is 0.106. The summed E-state index contributed by atoms with van der Waals surface area (Å²) in [5.41, 5.74) is 3.67. The number of aryl methyl sites for hydroxylation is 2. The molecule has 3 aromatic carbocycles. The number of carbonyl (C=O) groups excluding carboxylic acids is 2. The number of anilines is 2. The number of halogens is 1. The van der Waals surface area contributed by atoms with Gasteiger partial charge in [0.25, 0.3) is 0 Å². The van der Waals surface area contributed by atoms with Crippen molar-refractivity contribution in [3.8, 4) is 11.5 Å². The van der Waals surface area contributed by atoms with E-state index in [4.69, 9.17) is 16.3 Å². The first-order valence-corrected chi connectivity index (χ1v) is 10.5. The molecule has 0 aliphatic carbocycles. The summed E-state index contributed by atoms with van der Waals surface area (Å²) in [6.07, 6.45) is 0.158. The quantitative estimate of drug-likeness (QED) is 0.557. The van der Waals surface area contributed by atoms with E-state index in [-0.39, 0.29) is 18.2 Å². The van der Waals surface area contributed by atoms with E-state index in [1.165, 1.54) is 11.1 Å². The molecule has 1 fully saturated rings. The average molecular weight is 435 g/mol. The normalized spacial score (nSPS) is 15.8. The molecule has 1 heterocycles. The largest absolute Gasteiger partial charge is 0.457 e. The van der Waals surface area contributed by atoms with Crippen molar-refractivity contribution < 1.29 is 14.3 Å². The molecule has 0 saturated carbocycles. The van der Waals surface area contributed by atoms with Crippen LogP contribution in [0.3, 0.4) is 0 Å². The first-order valence-electron chi connectivity index (χ1n) is 10.1. The predicted octanol–water partition coefficient (Wildman–Crippen LogP) is 5.74. The zero-order valence-electron chi connectivity index (χ0n) is 17.4. The van der Waals surface area contributed by atoms with Crippen molar-refractivity contribution in [1.82, 2.24) is 0 Å².